The van der Waals surface area contributed by atoms with Gasteiger partial charge in [-0.05, 0) is 18.6 Å². The summed E-state index contributed by atoms with van der Waals surface area (Å²) >= 11 is 13.6. The van der Waals surface area contributed by atoms with Gasteiger partial charge in [0.2, 0.25) is 5.95 Å². The number of fused-ring (bicyclic) bond motifs is 1. The predicted molar refractivity (Wildman–Crippen MR) is 163 cm³/mol. The van der Waals surface area contributed by atoms with Gasteiger partial charge in [0.25, 0.3) is 0 Å². The van der Waals surface area contributed by atoms with E-state index in [-0.39, 0.29) is 23.8 Å². The lowest BCUT2D eigenvalue weighted by Gasteiger charge is -2.19. The third kappa shape index (κ3) is 5.77. The second kappa shape index (κ2) is 12.5. The number of halogens is 2. The van der Waals surface area contributed by atoms with Crippen molar-refractivity contribution in [3.05, 3.63) is 53.4 Å². The summed E-state index contributed by atoms with van der Waals surface area (Å²) in [7, 11) is 3.04. The van der Waals surface area contributed by atoms with Crippen molar-refractivity contribution >= 4 is 45.8 Å². The van der Waals surface area contributed by atoms with E-state index in [1.165, 1.54) is 20.3 Å². The van der Waals surface area contributed by atoms with E-state index < -0.39 is 0 Å². The predicted octanol–water partition coefficient (Wildman–Crippen LogP) is 5.41. The molecule has 2 saturated heterocycles. The van der Waals surface area contributed by atoms with Crippen molar-refractivity contribution in [1.29, 1.82) is 0 Å². The minimum absolute atomic E-state index is 0.0241. The fraction of sp³-hybridized carbons (Fsp3) is 0.367. The molecular formula is C30H30Cl2N6O5. The van der Waals surface area contributed by atoms with Gasteiger partial charge >= 0.3 is 0 Å². The van der Waals surface area contributed by atoms with E-state index in [4.69, 9.17) is 52.1 Å². The number of nitrogens with zero attached hydrogens (tertiary/aromatic N) is 5. The number of rotatable bonds is 10. The Morgan fingerprint density at radius 1 is 1.12 bits per heavy atom. The van der Waals surface area contributed by atoms with Crippen LogP contribution >= 0.6 is 23.2 Å². The average molecular weight is 626 g/mol. The van der Waals surface area contributed by atoms with Gasteiger partial charge in [0.15, 0.2) is 5.78 Å². The number of methoxy groups -OCH3 is 2. The van der Waals surface area contributed by atoms with Crippen LogP contribution in [-0.4, -0.2) is 77.2 Å². The first-order chi connectivity index (χ1) is 20.9. The van der Waals surface area contributed by atoms with Gasteiger partial charge in [-0.2, -0.15) is 5.10 Å². The number of hydrogen-bond donors (Lipinski definition) is 1. The monoisotopic (exact) mass is 624 g/mol. The number of pyridine rings is 1. The van der Waals surface area contributed by atoms with Crippen molar-refractivity contribution in [1.82, 2.24) is 24.7 Å². The molecule has 1 N–H and O–H groups in total. The zero-order valence-corrected chi connectivity index (χ0v) is 25.2. The van der Waals surface area contributed by atoms with Crippen molar-refractivity contribution in [2.75, 3.05) is 46.0 Å². The number of carbonyl (C=O) groups excluding carboxylic acids is 1. The van der Waals surface area contributed by atoms with E-state index in [0.29, 0.717) is 88.2 Å². The molecule has 2 aliphatic heterocycles. The zero-order chi connectivity index (χ0) is 30.1. The number of anilines is 1. The van der Waals surface area contributed by atoms with Crippen molar-refractivity contribution in [3.8, 4) is 34.0 Å². The number of hydrogen-bond acceptors (Lipinski definition) is 10. The lowest BCUT2D eigenvalue weighted by Crippen LogP contribution is -2.30. The van der Waals surface area contributed by atoms with Crippen LogP contribution in [0.3, 0.4) is 0 Å². The van der Waals surface area contributed by atoms with Gasteiger partial charge in [-0.25, -0.2) is 15.0 Å². The van der Waals surface area contributed by atoms with Crippen LogP contribution in [0.5, 0.6) is 11.5 Å². The minimum Gasteiger partial charge on any atom is -0.495 e. The summed E-state index contributed by atoms with van der Waals surface area (Å²) in [6.07, 6.45) is 7.96. The van der Waals surface area contributed by atoms with Crippen molar-refractivity contribution in [2.24, 2.45) is 5.92 Å². The SMILES string of the molecule is C=CC(=O)C[C@H]1COC[C@H]1Nc1ncc2cc(-c3c(Cl)c(OC)cc(OC)c3Cl)nc(-c3cnn(C4CCOC4)c3)c2n1. The summed E-state index contributed by atoms with van der Waals surface area (Å²) in [5.41, 5.74) is 2.87. The van der Waals surface area contributed by atoms with Gasteiger partial charge in [0, 0.05) is 53.9 Å². The van der Waals surface area contributed by atoms with Crippen LogP contribution in [0.4, 0.5) is 5.95 Å². The Morgan fingerprint density at radius 3 is 2.60 bits per heavy atom. The van der Waals surface area contributed by atoms with Crippen LogP contribution in [0.25, 0.3) is 33.4 Å². The smallest absolute Gasteiger partial charge is 0.223 e. The molecule has 0 amide bonds. The maximum Gasteiger partial charge on any atom is 0.223 e. The molecule has 6 rings (SSSR count). The number of benzene rings is 1. The first-order valence-corrected chi connectivity index (χ1v) is 14.6. The Hall–Kier alpha value is -3.77. The summed E-state index contributed by atoms with van der Waals surface area (Å²) in [4.78, 5) is 26.5. The Labute approximate surface area is 258 Å². The molecule has 0 bridgehead atoms. The molecule has 11 nitrogen and oxygen atoms in total. The van der Waals surface area contributed by atoms with Crippen molar-refractivity contribution in [2.45, 2.75) is 24.9 Å². The first-order valence-electron chi connectivity index (χ1n) is 13.8. The van der Waals surface area contributed by atoms with Crippen LogP contribution < -0.4 is 14.8 Å². The summed E-state index contributed by atoms with van der Waals surface area (Å²) < 4.78 is 24.1. The summed E-state index contributed by atoms with van der Waals surface area (Å²) in [5, 5.41) is 9.27. The molecule has 43 heavy (non-hydrogen) atoms. The van der Waals surface area contributed by atoms with Crippen molar-refractivity contribution < 1.29 is 23.7 Å². The number of allylic oxidation sites excluding steroid dienone is 1. The Kier molecular flexibility index (Phi) is 8.49. The molecule has 0 saturated carbocycles. The molecule has 5 heterocycles. The quantitative estimate of drug-likeness (QED) is 0.229. The highest BCUT2D eigenvalue weighted by Gasteiger charge is 2.30. The maximum atomic E-state index is 12.0. The number of ketones is 1. The number of nitrogens with one attached hydrogen (secondary N) is 1. The molecule has 224 valence electrons. The number of ether oxygens (including phenoxy) is 4. The lowest BCUT2D eigenvalue weighted by molar-refractivity contribution is -0.115. The van der Waals surface area contributed by atoms with Gasteiger partial charge in [-0.1, -0.05) is 29.8 Å². The van der Waals surface area contributed by atoms with Crippen LogP contribution in [0.1, 0.15) is 18.9 Å². The van der Waals surface area contributed by atoms with Gasteiger partial charge in [0.05, 0.1) is 68.1 Å². The Balaban J connectivity index is 1.47. The van der Waals surface area contributed by atoms with Gasteiger partial charge in [-0.15, -0.1) is 0 Å². The summed E-state index contributed by atoms with van der Waals surface area (Å²) in [6, 6.07) is 3.46. The molecule has 0 radical (unpaired) electrons. The third-order valence-corrected chi connectivity index (χ3v) is 8.50. The molecule has 2 aliphatic rings. The highest BCUT2D eigenvalue weighted by molar-refractivity contribution is 6.41. The van der Waals surface area contributed by atoms with Crippen LogP contribution in [-0.2, 0) is 14.3 Å². The highest BCUT2D eigenvalue weighted by Crippen LogP contribution is 2.46. The van der Waals surface area contributed by atoms with E-state index in [0.717, 1.165) is 12.0 Å². The minimum atomic E-state index is -0.135. The normalized spacial score (nSPS) is 20.0. The molecule has 1 unspecified atom stereocenters. The van der Waals surface area contributed by atoms with E-state index in [1.807, 2.05) is 16.9 Å². The fourth-order valence-electron chi connectivity index (χ4n) is 5.41. The molecule has 4 aromatic rings. The summed E-state index contributed by atoms with van der Waals surface area (Å²) in [5.74, 6) is 1.13. The number of aromatic nitrogens is 5. The molecular weight excluding hydrogens is 595 g/mol. The van der Waals surface area contributed by atoms with Gasteiger partial charge < -0.3 is 24.3 Å². The summed E-state index contributed by atoms with van der Waals surface area (Å²) in [6.45, 7) is 5.78. The third-order valence-electron chi connectivity index (χ3n) is 7.75. The fourth-order valence-corrected chi connectivity index (χ4v) is 6.10. The topological polar surface area (TPSA) is 123 Å². The van der Waals surface area contributed by atoms with Gasteiger partial charge in [-0.3, -0.25) is 9.48 Å². The first kappa shape index (κ1) is 29.3. The average Bonchev–Trinajstić information content (AvgIpc) is 3.80. The molecule has 2 fully saturated rings. The number of carbonyl (C=O) groups is 1. The Morgan fingerprint density at radius 2 is 1.91 bits per heavy atom. The highest BCUT2D eigenvalue weighted by atomic mass is 35.5. The standard InChI is InChI=1S/C30H30Cl2N6O5/c1-4-20(39)7-17-13-43-15-22(17)36-30-33-10-16-8-21(25-26(31)23(40-2)9-24(41-3)27(25)32)35-29(28(16)37-30)18-11-34-38(12-18)19-5-6-42-14-19/h4,8-12,17,19,22H,1,5-7,13-15H2,2-3H3,(H,33,36,37)/t17-,19?,22+/m0/s1. The van der Waals surface area contributed by atoms with E-state index in [9.17, 15) is 4.79 Å². The van der Waals surface area contributed by atoms with Crippen molar-refractivity contribution in [3.63, 3.8) is 0 Å². The second-order valence-electron chi connectivity index (χ2n) is 10.4. The van der Waals surface area contributed by atoms with E-state index in [1.54, 1.807) is 18.5 Å². The molecule has 0 spiro atoms. The largest absolute Gasteiger partial charge is 0.495 e. The molecule has 13 heteroatoms. The lowest BCUT2D eigenvalue weighted by atomic mass is 9.97. The second-order valence-corrected chi connectivity index (χ2v) is 11.2. The van der Waals surface area contributed by atoms with Crippen LogP contribution in [0.2, 0.25) is 10.0 Å². The Bertz CT molecular complexity index is 1660. The maximum absolute atomic E-state index is 12.0. The van der Waals surface area contributed by atoms with Gasteiger partial charge in [0.1, 0.15) is 22.7 Å². The van der Waals surface area contributed by atoms with E-state index >= 15 is 0 Å². The molecule has 3 atom stereocenters. The molecule has 1 aromatic carbocycles. The molecule has 3 aromatic heterocycles. The van der Waals surface area contributed by atoms with E-state index in [2.05, 4.69) is 22.0 Å². The van der Waals surface area contributed by atoms with Crippen LogP contribution in [0, 0.1) is 5.92 Å². The zero-order valence-electron chi connectivity index (χ0n) is 23.7. The molecule has 0 aliphatic carbocycles. The van der Waals surface area contributed by atoms with Crippen LogP contribution in [0.15, 0.2) is 43.4 Å².